The van der Waals surface area contributed by atoms with Gasteiger partial charge >= 0.3 is 11.9 Å². The molecule has 0 spiro atoms. The van der Waals surface area contributed by atoms with Crippen LogP contribution in [0.2, 0.25) is 0 Å². The van der Waals surface area contributed by atoms with E-state index in [1.165, 1.54) is 0 Å². The predicted molar refractivity (Wildman–Crippen MR) is 91.7 cm³/mol. The van der Waals surface area contributed by atoms with E-state index in [9.17, 15) is 14.4 Å². The maximum atomic E-state index is 12.0. The summed E-state index contributed by atoms with van der Waals surface area (Å²) in [6.07, 6.45) is 9.45. The second-order valence-corrected chi connectivity index (χ2v) is 6.86. The number of carbonyl (C=O) groups excluding carboxylic acids is 2. The van der Waals surface area contributed by atoms with E-state index in [0.717, 1.165) is 51.4 Å². The second kappa shape index (κ2) is 12.0. The molecule has 0 saturated heterocycles. The maximum Gasteiger partial charge on any atom is 0.305 e. The van der Waals surface area contributed by atoms with Crippen molar-refractivity contribution in [1.29, 1.82) is 0 Å². The highest BCUT2D eigenvalue weighted by Crippen LogP contribution is 2.33. The molecule has 0 amide bonds. The standard InChI is InChI=1S/C19H32O5/c1-2-3-6-11-19(23)24-14-15-12-13-17(20)16(15)9-7-4-5-8-10-18(21)22/h15-16H,2-14H2,1H3,(H,21,22)/t15-,16-/m1/s1. The number of carbonyl (C=O) groups is 3. The van der Waals surface area contributed by atoms with Crippen molar-refractivity contribution in [2.45, 2.75) is 84.0 Å². The van der Waals surface area contributed by atoms with E-state index < -0.39 is 5.97 Å². The molecule has 0 aromatic rings. The normalized spacial score (nSPS) is 20.3. The number of carboxylic acid groups (broad SMARTS) is 1. The molecule has 1 rings (SSSR count). The van der Waals surface area contributed by atoms with E-state index >= 15 is 0 Å². The van der Waals surface area contributed by atoms with Crippen LogP contribution in [0.1, 0.15) is 84.0 Å². The van der Waals surface area contributed by atoms with Crippen molar-refractivity contribution in [2.24, 2.45) is 11.8 Å². The van der Waals surface area contributed by atoms with Crippen LogP contribution < -0.4 is 0 Å². The van der Waals surface area contributed by atoms with Gasteiger partial charge in [0.25, 0.3) is 0 Å². The molecule has 1 fully saturated rings. The molecule has 0 radical (unpaired) electrons. The molecule has 0 aliphatic heterocycles. The summed E-state index contributed by atoms with van der Waals surface area (Å²) >= 11 is 0. The number of hydrogen-bond acceptors (Lipinski definition) is 4. The minimum Gasteiger partial charge on any atom is -0.481 e. The van der Waals surface area contributed by atoms with Crippen molar-refractivity contribution < 1.29 is 24.2 Å². The summed E-state index contributed by atoms with van der Waals surface area (Å²) in [5.41, 5.74) is 0. The van der Waals surface area contributed by atoms with Crippen LogP contribution in [0.25, 0.3) is 0 Å². The Morgan fingerprint density at radius 1 is 1.08 bits per heavy atom. The fourth-order valence-corrected chi connectivity index (χ4v) is 3.36. The summed E-state index contributed by atoms with van der Waals surface area (Å²) in [5.74, 6) is -0.399. The van der Waals surface area contributed by atoms with Crippen molar-refractivity contribution in [1.82, 2.24) is 0 Å². The SMILES string of the molecule is CCCCCC(=O)OC[C@H]1CCC(=O)[C@@H]1CCCCCCC(=O)O. The first-order valence-electron chi connectivity index (χ1n) is 9.44. The van der Waals surface area contributed by atoms with Gasteiger partial charge in [-0.15, -0.1) is 0 Å². The van der Waals surface area contributed by atoms with Gasteiger partial charge in [0.1, 0.15) is 5.78 Å². The highest BCUT2D eigenvalue weighted by molar-refractivity contribution is 5.83. The Morgan fingerprint density at radius 2 is 1.79 bits per heavy atom. The molecule has 138 valence electrons. The Balaban J connectivity index is 2.20. The maximum absolute atomic E-state index is 12.0. The van der Waals surface area contributed by atoms with E-state index in [-0.39, 0.29) is 24.2 Å². The fourth-order valence-electron chi connectivity index (χ4n) is 3.36. The zero-order valence-corrected chi connectivity index (χ0v) is 14.9. The molecule has 0 heterocycles. The van der Waals surface area contributed by atoms with Crippen LogP contribution in [-0.2, 0) is 19.1 Å². The molecule has 1 aliphatic rings. The van der Waals surface area contributed by atoms with Gasteiger partial charge in [0, 0.05) is 31.1 Å². The number of rotatable bonds is 13. The van der Waals surface area contributed by atoms with Crippen LogP contribution in [0.15, 0.2) is 0 Å². The lowest BCUT2D eigenvalue weighted by atomic mass is 9.90. The van der Waals surface area contributed by atoms with Crippen molar-refractivity contribution in [3.05, 3.63) is 0 Å². The zero-order valence-electron chi connectivity index (χ0n) is 14.9. The first-order chi connectivity index (χ1) is 11.5. The monoisotopic (exact) mass is 340 g/mol. The van der Waals surface area contributed by atoms with Gasteiger partial charge in [-0.05, 0) is 25.7 Å². The lowest BCUT2D eigenvalue weighted by Gasteiger charge is -2.18. The number of ketones is 1. The summed E-state index contributed by atoms with van der Waals surface area (Å²) in [5, 5.41) is 8.60. The molecular weight excluding hydrogens is 308 g/mol. The molecule has 1 aliphatic carbocycles. The van der Waals surface area contributed by atoms with Gasteiger partial charge in [0.05, 0.1) is 6.61 Å². The van der Waals surface area contributed by atoms with E-state index in [1.807, 2.05) is 0 Å². The van der Waals surface area contributed by atoms with Crippen LogP contribution in [0, 0.1) is 11.8 Å². The molecule has 24 heavy (non-hydrogen) atoms. The summed E-state index contributed by atoms with van der Waals surface area (Å²) in [6.45, 7) is 2.47. The Kier molecular flexibility index (Phi) is 10.4. The quantitative estimate of drug-likeness (QED) is 0.403. The molecular formula is C19H32O5. The zero-order chi connectivity index (χ0) is 17.8. The lowest BCUT2D eigenvalue weighted by Crippen LogP contribution is -2.21. The van der Waals surface area contributed by atoms with Gasteiger partial charge in [0.15, 0.2) is 0 Å². The molecule has 2 atom stereocenters. The van der Waals surface area contributed by atoms with Gasteiger partial charge in [-0.2, -0.15) is 0 Å². The van der Waals surface area contributed by atoms with Gasteiger partial charge in [0.2, 0.25) is 0 Å². The predicted octanol–water partition coefficient (Wildman–Crippen LogP) is 4.13. The Morgan fingerprint density at radius 3 is 2.50 bits per heavy atom. The van der Waals surface area contributed by atoms with Crippen molar-refractivity contribution in [3.63, 3.8) is 0 Å². The van der Waals surface area contributed by atoms with Gasteiger partial charge in [-0.3, -0.25) is 14.4 Å². The highest BCUT2D eigenvalue weighted by atomic mass is 16.5. The molecule has 0 aromatic carbocycles. The van der Waals surface area contributed by atoms with Gasteiger partial charge in [-0.1, -0.05) is 39.0 Å². The van der Waals surface area contributed by atoms with Crippen LogP contribution in [0.5, 0.6) is 0 Å². The molecule has 0 unspecified atom stereocenters. The van der Waals surface area contributed by atoms with Crippen molar-refractivity contribution in [2.75, 3.05) is 6.61 Å². The van der Waals surface area contributed by atoms with Crippen LogP contribution >= 0.6 is 0 Å². The number of aliphatic carboxylic acids is 1. The largest absolute Gasteiger partial charge is 0.481 e. The number of esters is 1. The number of ether oxygens (including phenoxy) is 1. The lowest BCUT2D eigenvalue weighted by molar-refractivity contribution is -0.146. The Hall–Kier alpha value is -1.39. The molecule has 1 N–H and O–H groups in total. The van der Waals surface area contributed by atoms with Crippen LogP contribution in [0.4, 0.5) is 0 Å². The van der Waals surface area contributed by atoms with Crippen LogP contribution in [-0.4, -0.2) is 29.4 Å². The van der Waals surface area contributed by atoms with E-state index in [0.29, 0.717) is 31.7 Å². The topological polar surface area (TPSA) is 80.7 Å². The summed E-state index contributed by atoms with van der Waals surface area (Å²) in [7, 11) is 0. The van der Waals surface area contributed by atoms with Gasteiger partial charge < -0.3 is 9.84 Å². The molecule has 0 bridgehead atoms. The number of Topliss-reactive ketones (excluding diaryl/α,β-unsaturated/α-hetero) is 1. The molecule has 5 heteroatoms. The van der Waals surface area contributed by atoms with Crippen molar-refractivity contribution in [3.8, 4) is 0 Å². The van der Waals surface area contributed by atoms with E-state index in [4.69, 9.17) is 9.84 Å². The average Bonchev–Trinajstić information content (AvgIpc) is 2.89. The second-order valence-electron chi connectivity index (χ2n) is 6.86. The first-order valence-corrected chi connectivity index (χ1v) is 9.44. The number of carboxylic acids is 1. The molecule has 5 nitrogen and oxygen atoms in total. The highest BCUT2D eigenvalue weighted by Gasteiger charge is 2.34. The average molecular weight is 340 g/mol. The van der Waals surface area contributed by atoms with E-state index in [2.05, 4.69) is 6.92 Å². The summed E-state index contributed by atoms with van der Waals surface area (Å²) in [4.78, 5) is 34.2. The number of hydrogen-bond donors (Lipinski definition) is 1. The minimum atomic E-state index is -0.748. The Labute approximate surface area is 145 Å². The molecule has 0 aromatic heterocycles. The number of unbranched alkanes of at least 4 members (excludes halogenated alkanes) is 5. The fraction of sp³-hybridized carbons (Fsp3) is 0.842. The smallest absolute Gasteiger partial charge is 0.305 e. The van der Waals surface area contributed by atoms with Gasteiger partial charge in [-0.25, -0.2) is 0 Å². The third-order valence-electron chi connectivity index (χ3n) is 4.84. The van der Waals surface area contributed by atoms with Crippen molar-refractivity contribution >= 4 is 17.7 Å². The first kappa shape index (κ1) is 20.7. The third kappa shape index (κ3) is 8.46. The Bertz CT molecular complexity index is 405. The third-order valence-corrected chi connectivity index (χ3v) is 4.84. The molecule has 1 saturated carbocycles. The summed E-state index contributed by atoms with van der Waals surface area (Å²) in [6, 6.07) is 0. The van der Waals surface area contributed by atoms with Crippen LogP contribution in [0.3, 0.4) is 0 Å². The van der Waals surface area contributed by atoms with E-state index in [1.54, 1.807) is 0 Å². The summed E-state index contributed by atoms with van der Waals surface area (Å²) < 4.78 is 5.37. The minimum absolute atomic E-state index is 0.0212.